The van der Waals surface area contributed by atoms with E-state index in [1.165, 1.54) is 6.92 Å². The summed E-state index contributed by atoms with van der Waals surface area (Å²) in [5.41, 5.74) is 0.0812. The highest BCUT2D eigenvalue weighted by Crippen LogP contribution is 2.02. The number of ether oxygens (including phenoxy) is 2. The molecule has 84 valence electrons. The molecule has 1 N–H and O–H groups in total. The van der Waals surface area contributed by atoms with E-state index in [9.17, 15) is 9.59 Å². The Hall–Kier alpha value is -1.62. The van der Waals surface area contributed by atoms with Crippen molar-refractivity contribution in [1.82, 2.24) is 0 Å². The Balaban J connectivity index is 4.19. The van der Waals surface area contributed by atoms with Crippen molar-refractivity contribution in [3.8, 4) is 0 Å². The third kappa shape index (κ3) is 5.64. The minimum Gasteiger partial charge on any atom is -0.433 e. The van der Waals surface area contributed by atoms with E-state index in [0.717, 1.165) is 12.3 Å². The molecular formula is C10H14O5. The summed E-state index contributed by atoms with van der Waals surface area (Å²) in [7, 11) is 0. The minimum atomic E-state index is -1.14. The molecule has 0 aromatic carbocycles. The third-order valence-corrected chi connectivity index (χ3v) is 1.43. The molecule has 0 rings (SSSR count). The summed E-state index contributed by atoms with van der Waals surface area (Å²) < 4.78 is 9.05. The van der Waals surface area contributed by atoms with E-state index in [-0.39, 0.29) is 5.57 Å². The lowest BCUT2D eigenvalue weighted by molar-refractivity contribution is -0.163. The highest BCUT2D eigenvalue weighted by molar-refractivity contribution is 5.88. The SMILES string of the molecule is C=CC(=O)O/C=C(\C)C(=O)OC(O)CC. The Bertz CT molecular complexity index is 280. The van der Waals surface area contributed by atoms with Gasteiger partial charge in [0.1, 0.15) is 6.26 Å². The number of esters is 2. The molecule has 0 aliphatic heterocycles. The molecule has 0 saturated heterocycles. The van der Waals surface area contributed by atoms with Gasteiger partial charge >= 0.3 is 11.9 Å². The molecule has 5 heteroatoms. The van der Waals surface area contributed by atoms with Crippen LogP contribution in [0.15, 0.2) is 24.5 Å². The van der Waals surface area contributed by atoms with Gasteiger partial charge in [-0.2, -0.15) is 0 Å². The van der Waals surface area contributed by atoms with Crippen LogP contribution in [0.3, 0.4) is 0 Å². The van der Waals surface area contributed by atoms with Gasteiger partial charge < -0.3 is 14.6 Å². The maximum Gasteiger partial charge on any atom is 0.339 e. The van der Waals surface area contributed by atoms with Gasteiger partial charge in [-0.1, -0.05) is 13.5 Å². The van der Waals surface area contributed by atoms with E-state index >= 15 is 0 Å². The Labute approximate surface area is 88.0 Å². The molecule has 5 nitrogen and oxygen atoms in total. The monoisotopic (exact) mass is 214 g/mol. The van der Waals surface area contributed by atoms with Crippen molar-refractivity contribution in [3.63, 3.8) is 0 Å². The summed E-state index contributed by atoms with van der Waals surface area (Å²) in [4.78, 5) is 21.8. The second-order valence-corrected chi connectivity index (χ2v) is 2.71. The molecule has 0 aromatic rings. The van der Waals surface area contributed by atoms with Crippen LogP contribution in [-0.4, -0.2) is 23.3 Å². The van der Waals surface area contributed by atoms with Crippen LogP contribution in [0.1, 0.15) is 20.3 Å². The summed E-state index contributed by atoms with van der Waals surface area (Å²) in [6, 6.07) is 0. The lowest BCUT2D eigenvalue weighted by Gasteiger charge is -2.09. The molecule has 0 saturated carbocycles. The number of hydrogen-bond acceptors (Lipinski definition) is 5. The average molecular weight is 214 g/mol. The number of aliphatic hydroxyl groups excluding tert-OH is 1. The van der Waals surface area contributed by atoms with Gasteiger partial charge in [-0.15, -0.1) is 0 Å². The Morgan fingerprint density at radius 1 is 1.53 bits per heavy atom. The van der Waals surface area contributed by atoms with Gasteiger partial charge in [-0.25, -0.2) is 9.59 Å². The number of aliphatic hydroxyl groups is 1. The molecular weight excluding hydrogens is 200 g/mol. The van der Waals surface area contributed by atoms with E-state index in [1.54, 1.807) is 6.92 Å². The smallest absolute Gasteiger partial charge is 0.339 e. The maximum absolute atomic E-state index is 11.1. The number of rotatable bonds is 5. The molecule has 0 aliphatic carbocycles. The summed E-state index contributed by atoms with van der Waals surface area (Å²) in [6.45, 7) is 6.25. The normalized spacial score (nSPS) is 12.9. The van der Waals surface area contributed by atoms with Crippen LogP contribution in [-0.2, 0) is 19.1 Å². The van der Waals surface area contributed by atoms with Gasteiger partial charge in [0, 0.05) is 12.5 Å². The molecule has 0 radical (unpaired) electrons. The Kier molecular flexibility index (Phi) is 6.05. The molecule has 0 heterocycles. The first kappa shape index (κ1) is 13.4. The third-order valence-electron chi connectivity index (χ3n) is 1.43. The topological polar surface area (TPSA) is 72.8 Å². The summed E-state index contributed by atoms with van der Waals surface area (Å²) in [5.74, 6) is -1.40. The quantitative estimate of drug-likeness (QED) is 0.318. The van der Waals surface area contributed by atoms with Crippen molar-refractivity contribution in [1.29, 1.82) is 0 Å². The highest BCUT2D eigenvalue weighted by atomic mass is 16.6. The van der Waals surface area contributed by atoms with Crippen LogP contribution in [0, 0.1) is 0 Å². The molecule has 0 spiro atoms. The highest BCUT2D eigenvalue weighted by Gasteiger charge is 2.11. The molecule has 15 heavy (non-hydrogen) atoms. The maximum atomic E-state index is 11.1. The molecule has 0 fully saturated rings. The van der Waals surface area contributed by atoms with Gasteiger partial charge in [0.05, 0.1) is 5.57 Å². The van der Waals surface area contributed by atoms with Crippen LogP contribution in [0.2, 0.25) is 0 Å². The number of carbonyl (C=O) groups excluding carboxylic acids is 2. The van der Waals surface area contributed by atoms with Gasteiger partial charge in [0.15, 0.2) is 0 Å². The fourth-order valence-corrected chi connectivity index (χ4v) is 0.543. The van der Waals surface area contributed by atoms with Crippen LogP contribution >= 0.6 is 0 Å². The molecule has 1 unspecified atom stereocenters. The first-order valence-corrected chi connectivity index (χ1v) is 4.40. The minimum absolute atomic E-state index is 0.0812. The zero-order valence-corrected chi connectivity index (χ0v) is 8.73. The van der Waals surface area contributed by atoms with Crippen LogP contribution < -0.4 is 0 Å². The predicted molar refractivity (Wildman–Crippen MR) is 52.4 cm³/mol. The second-order valence-electron chi connectivity index (χ2n) is 2.71. The fraction of sp³-hybridized carbons (Fsp3) is 0.400. The first-order chi connectivity index (χ1) is 7.01. The van der Waals surface area contributed by atoms with Crippen molar-refractivity contribution in [2.24, 2.45) is 0 Å². The first-order valence-electron chi connectivity index (χ1n) is 4.40. The van der Waals surface area contributed by atoms with Crippen molar-refractivity contribution in [2.75, 3.05) is 0 Å². The van der Waals surface area contributed by atoms with Gasteiger partial charge in [0.25, 0.3) is 0 Å². The summed E-state index contributed by atoms with van der Waals surface area (Å²) in [5, 5.41) is 9.01. The average Bonchev–Trinajstić information content (AvgIpc) is 2.24. The van der Waals surface area contributed by atoms with E-state index in [4.69, 9.17) is 5.11 Å². The van der Waals surface area contributed by atoms with E-state index in [1.807, 2.05) is 0 Å². The van der Waals surface area contributed by atoms with Gasteiger partial charge in [0.2, 0.25) is 6.29 Å². The standard InChI is InChI=1S/C10H14O5/c1-4-8(11)14-6-7(3)10(13)15-9(12)5-2/h4,6,9,12H,1,5H2,2-3H3/b7-6+. The Morgan fingerprint density at radius 2 is 2.13 bits per heavy atom. The van der Waals surface area contributed by atoms with Crippen molar-refractivity contribution in [3.05, 3.63) is 24.5 Å². The summed E-state index contributed by atoms with van der Waals surface area (Å²) >= 11 is 0. The molecule has 0 amide bonds. The molecule has 1 atom stereocenters. The van der Waals surface area contributed by atoms with E-state index in [0.29, 0.717) is 6.42 Å². The van der Waals surface area contributed by atoms with E-state index in [2.05, 4.69) is 16.1 Å². The van der Waals surface area contributed by atoms with Crippen molar-refractivity contribution < 1.29 is 24.2 Å². The van der Waals surface area contributed by atoms with Gasteiger partial charge in [-0.3, -0.25) is 0 Å². The molecule has 0 bridgehead atoms. The zero-order valence-electron chi connectivity index (χ0n) is 8.73. The molecule has 0 aliphatic rings. The van der Waals surface area contributed by atoms with Gasteiger partial charge in [-0.05, 0) is 6.92 Å². The largest absolute Gasteiger partial charge is 0.433 e. The number of hydrogen-bond donors (Lipinski definition) is 1. The zero-order chi connectivity index (χ0) is 11.8. The molecule has 0 aromatic heterocycles. The lowest BCUT2D eigenvalue weighted by Crippen LogP contribution is -2.17. The van der Waals surface area contributed by atoms with E-state index < -0.39 is 18.2 Å². The van der Waals surface area contributed by atoms with Crippen LogP contribution in [0.25, 0.3) is 0 Å². The predicted octanol–water partition coefficient (Wildman–Crippen LogP) is 0.891. The Morgan fingerprint density at radius 3 is 2.60 bits per heavy atom. The number of carbonyl (C=O) groups is 2. The van der Waals surface area contributed by atoms with Crippen LogP contribution in [0.5, 0.6) is 0 Å². The summed E-state index contributed by atoms with van der Waals surface area (Å²) in [6.07, 6.45) is 1.08. The van der Waals surface area contributed by atoms with Crippen molar-refractivity contribution >= 4 is 11.9 Å². The fourth-order valence-electron chi connectivity index (χ4n) is 0.543. The van der Waals surface area contributed by atoms with Crippen molar-refractivity contribution in [2.45, 2.75) is 26.6 Å². The van der Waals surface area contributed by atoms with Crippen LogP contribution in [0.4, 0.5) is 0 Å². The second kappa shape index (κ2) is 6.78. The lowest BCUT2D eigenvalue weighted by atomic mass is 10.3.